The maximum absolute atomic E-state index is 12.0. The number of fused-ring (bicyclic) bond motifs is 1. The Morgan fingerprint density at radius 1 is 1.08 bits per heavy atom. The minimum Gasteiger partial charge on any atom is -0.492 e. The van der Waals surface area contributed by atoms with Crippen molar-refractivity contribution in [1.29, 1.82) is 0 Å². The lowest BCUT2D eigenvalue weighted by atomic mass is 10.0. The summed E-state index contributed by atoms with van der Waals surface area (Å²) in [5.41, 5.74) is 0. The van der Waals surface area contributed by atoms with Crippen molar-refractivity contribution in [2.75, 3.05) is 13.2 Å². The first-order valence-corrected chi connectivity index (χ1v) is 8.25. The topological polar surface area (TPSA) is 75.6 Å². The molecule has 1 aliphatic carbocycles. The Labute approximate surface area is 140 Å². The minimum absolute atomic E-state index is 0.0686. The van der Waals surface area contributed by atoms with E-state index in [4.69, 9.17) is 9.84 Å². The second-order valence-electron chi connectivity index (χ2n) is 6.19. The van der Waals surface area contributed by atoms with Crippen LogP contribution in [0.3, 0.4) is 0 Å². The van der Waals surface area contributed by atoms with E-state index in [1.165, 1.54) is 0 Å². The van der Waals surface area contributed by atoms with Crippen LogP contribution in [0.15, 0.2) is 42.5 Å². The molecule has 126 valence electrons. The van der Waals surface area contributed by atoms with Crippen LogP contribution in [0, 0.1) is 11.8 Å². The fourth-order valence-corrected chi connectivity index (χ4v) is 3.19. The molecule has 0 heterocycles. The number of carbonyl (C=O) groups is 2. The van der Waals surface area contributed by atoms with Crippen LogP contribution < -0.4 is 10.1 Å². The molecule has 0 unspecified atom stereocenters. The molecular weight excluding hydrogens is 306 g/mol. The average molecular weight is 327 g/mol. The van der Waals surface area contributed by atoms with E-state index in [1.807, 2.05) is 42.5 Å². The summed E-state index contributed by atoms with van der Waals surface area (Å²) >= 11 is 0. The molecule has 1 amide bonds. The lowest BCUT2D eigenvalue weighted by molar-refractivity contribution is -0.141. The van der Waals surface area contributed by atoms with Gasteiger partial charge in [0.25, 0.3) is 0 Å². The van der Waals surface area contributed by atoms with E-state index in [9.17, 15) is 9.59 Å². The molecule has 5 heteroatoms. The van der Waals surface area contributed by atoms with Gasteiger partial charge in [0.05, 0.1) is 12.5 Å². The number of rotatable bonds is 6. The van der Waals surface area contributed by atoms with Gasteiger partial charge in [0.15, 0.2) is 0 Å². The number of benzene rings is 2. The fraction of sp³-hybridized carbons (Fsp3) is 0.368. The lowest BCUT2D eigenvalue weighted by Crippen LogP contribution is -2.33. The van der Waals surface area contributed by atoms with Gasteiger partial charge in [-0.15, -0.1) is 0 Å². The summed E-state index contributed by atoms with van der Waals surface area (Å²) in [6.45, 7) is 0.805. The fourth-order valence-electron chi connectivity index (χ4n) is 3.19. The maximum Gasteiger partial charge on any atom is 0.306 e. The van der Waals surface area contributed by atoms with Crippen molar-refractivity contribution < 1.29 is 19.4 Å². The number of hydrogen-bond acceptors (Lipinski definition) is 3. The molecule has 0 aliphatic heterocycles. The summed E-state index contributed by atoms with van der Waals surface area (Å²) < 4.78 is 5.68. The van der Waals surface area contributed by atoms with E-state index in [0.29, 0.717) is 32.4 Å². The SMILES string of the molecule is O=C(O)[C@@H]1CC[C@H](C(=O)NCCOc2ccc3ccccc3c2)C1. The van der Waals surface area contributed by atoms with Crippen LogP contribution in [-0.2, 0) is 9.59 Å². The monoisotopic (exact) mass is 327 g/mol. The molecule has 0 aromatic heterocycles. The van der Waals surface area contributed by atoms with Crippen LogP contribution in [0.5, 0.6) is 5.75 Å². The minimum atomic E-state index is -0.801. The van der Waals surface area contributed by atoms with Crippen molar-refractivity contribution in [3.8, 4) is 5.75 Å². The number of amides is 1. The first-order valence-electron chi connectivity index (χ1n) is 8.25. The number of carbonyl (C=O) groups excluding carboxylic acids is 1. The highest BCUT2D eigenvalue weighted by atomic mass is 16.5. The van der Waals surface area contributed by atoms with E-state index in [1.54, 1.807) is 0 Å². The van der Waals surface area contributed by atoms with Crippen molar-refractivity contribution >= 4 is 22.6 Å². The number of carboxylic acids is 1. The Hall–Kier alpha value is -2.56. The zero-order chi connectivity index (χ0) is 16.9. The van der Waals surface area contributed by atoms with Gasteiger partial charge in [0.2, 0.25) is 5.91 Å². The lowest BCUT2D eigenvalue weighted by Gasteiger charge is -2.12. The van der Waals surface area contributed by atoms with Crippen molar-refractivity contribution in [2.45, 2.75) is 19.3 Å². The van der Waals surface area contributed by atoms with Crippen LogP contribution >= 0.6 is 0 Å². The molecule has 0 saturated heterocycles. The number of carboxylic acid groups (broad SMARTS) is 1. The number of nitrogens with one attached hydrogen (secondary N) is 1. The van der Waals surface area contributed by atoms with E-state index >= 15 is 0 Å². The highest BCUT2D eigenvalue weighted by Gasteiger charge is 2.33. The molecule has 0 spiro atoms. The molecule has 2 aromatic rings. The number of aliphatic carboxylic acids is 1. The predicted octanol–water partition coefficient (Wildman–Crippen LogP) is 2.84. The van der Waals surface area contributed by atoms with Crippen LogP contribution in [0.2, 0.25) is 0 Å². The summed E-state index contributed by atoms with van der Waals surface area (Å²) in [4.78, 5) is 23.0. The van der Waals surface area contributed by atoms with Crippen molar-refractivity contribution in [1.82, 2.24) is 5.32 Å². The maximum atomic E-state index is 12.0. The van der Waals surface area contributed by atoms with Gasteiger partial charge in [0, 0.05) is 5.92 Å². The molecular formula is C19H21NO4. The van der Waals surface area contributed by atoms with Crippen LogP contribution in [0.1, 0.15) is 19.3 Å². The molecule has 2 N–H and O–H groups in total. The van der Waals surface area contributed by atoms with Crippen LogP contribution in [0.4, 0.5) is 0 Å². The smallest absolute Gasteiger partial charge is 0.306 e. The third kappa shape index (κ3) is 3.85. The highest BCUT2D eigenvalue weighted by molar-refractivity contribution is 5.83. The van der Waals surface area contributed by atoms with Gasteiger partial charge in [0.1, 0.15) is 12.4 Å². The van der Waals surface area contributed by atoms with Gasteiger partial charge in [-0.3, -0.25) is 9.59 Å². The standard InChI is InChI=1S/C19H21NO4/c21-18(15-5-6-16(11-15)19(22)23)20-9-10-24-17-8-7-13-3-1-2-4-14(13)12-17/h1-4,7-8,12,15-16H,5-6,9-11H2,(H,20,21)(H,22,23)/t15-,16+/m0/s1. The first kappa shape index (κ1) is 16.3. The molecule has 2 aromatic carbocycles. The summed E-state index contributed by atoms with van der Waals surface area (Å²) in [7, 11) is 0. The van der Waals surface area contributed by atoms with Crippen LogP contribution in [0.25, 0.3) is 10.8 Å². The van der Waals surface area contributed by atoms with Crippen molar-refractivity contribution in [3.05, 3.63) is 42.5 Å². The van der Waals surface area contributed by atoms with Crippen molar-refractivity contribution in [2.24, 2.45) is 11.8 Å². The third-order valence-corrected chi connectivity index (χ3v) is 4.54. The summed E-state index contributed by atoms with van der Waals surface area (Å²) in [5.74, 6) is -0.665. The van der Waals surface area contributed by atoms with Gasteiger partial charge >= 0.3 is 5.97 Å². The van der Waals surface area contributed by atoms with Gasteiger partial charge < -0.3 is 15.2 Å². The molecule has 24 heavy (non-hydrogen) atoms. The van der Waals surface area contributed by atoms with Gasteiger partial charge in [-0.2, -0.15) is 0 Å². The van der Waals surface area contributed by atoms with Gasteiger partial charge in [-0.25, -0.2) is 0 Å². The van der Waals surface area contributed by atoms with E-state index in [2.05, 4.69) is 5.32 Å². The van der Waals surface area contributed by atoms with Crippen molar-refractivity contribution in [3.63, 3.8) is 0 Å². The molecule has 5 nitrogen and oxygen atoms in total. The zero-order valence-electron chi connectivity index (χ0n) is 13.4. The Bertz CT molecular complexity index is 743. The molecule has 0 bridgehead atoms. The Balaban J connectivity index is 1.43. The average Bonchev–Trinajstić information content (AvgIpc) is 3.09. The van der Waals surface area contributed by atoms with E-state index in [-0.39, 0.29) is 17.7 Å². The Kier molecular flexibility index (Phi) is 4.99. The second-order valence-corrected chi connectivity index (χ2v) is 6.19. The third-order valence-electron chi connectivity index (χ3n) is 4.54. The first-order chi connectivity index (χ1) is 11.6. The second kappa shape index (κ2) is 7.34. The zero-order valence-corrected chi connectivity index (χ0v) is 13.4. The molecule has 1 aliphatic rings. The predicted molar refractivity (Wildman–Crippen MR) is 90.9 cm³/mol. The summed E-state index contributed by atoms with van der Waals surface area (Å²) in [6, 6.07) is 14.0. The van der Waals surface area contributed by atoms with E-state index < -0.39 is 5.97 Å². The Morgan fingerprint density at radius 3 is 2.58 bits per heavy atom. The molecule has 1 saturated carbocycles. The van der Waals surface area contributed by atoms with Crippen LogP contribution in [-0.4, -0.2) is 30.1 Å². The van der Waals surface area contributed by atoms with Gasteiger partial charge in [-0.1, -0.05) is 30.3 Å². The molecule has 2 atom stereocenters. The normalized spacial score (nSPS) is 20.0. The highest BCUT2D eigenvalue weighted by Crippen LogP contribution is 2.31. The quantitative estimate of drug-likeness (QED) is 0.800. The molecule has 1 fully saturated rings. The number of hydrogen-bond donors (Lipinski definition) is 2. The van der Waals surface area contributed by atoms with E-state index in [0.717, 1.165) is 16.5 Å². The number of ether oxygens (including phenoxy) is 1. The largest absolute Gasteiger partial charge is 0.492 e. The molecule has 0 radical (unpaired) electrons. The molecule has 3 rings (SSSR count). The Morgan fingerprint density at radius 2 is 1.83 bits per heavy atom. The summed E-state index contributed by atoms with van der Waals surface area (Å²) in [6.07, 6.45) is 1.67. The van der Waals surface area contributed by atoms with Gasteiger partial charge in [-0.05, 0) is 42.2 Å². The summed E-state index contributed by atoms with van der Waals surface area (Å²) in [5, 5.41) is 14.1.